The van der Waals surface area contributed by atoms with E-state index in [1.807, 2.05) is 20.8 Å². The Morgan fingerprint density at radius 1 is 1.07 bits per heavy atom. The summed E-state index contributed by atoms with van der Waals surface area (Å²) in [6.45, 7) is 5.69. The maximum atomic E-state index is 13.6. The lowest BCUT2D eigenvalue weighted by Gasteiger charge is -2.36. The molecule has 2 heterocycles. The zero-order valence-electron chi connectivity index (χ0n) is 16.6. The van der Waals surface area contributed by atoms with E-state index in [9.17, 15) is 13.2 Å². The quantitative estimate of drug-likeness (QED) is 0.475. The van der Waals surface area contributed by atoms with Gasteiger partial charge in [-0.1, -0.05) is 70.7 Å². The summed E-state index contributed by atoms with van der Waals surface area (Å²) in [4.78, 5) is 14.7. The lowest BCUT2D eigenvalue weighted by molar-refractivity contribution is -0.129. The fourth-order valence-corrected chi connectivity index (χ4v) is 7.45. The molecule has 0 aliphatic carbocycles. The molecular formula is C21H21Cl3N2O3S. The number of sulfonamides is 1. The van der Waals surface area contributed by atoms with Gasteiger partial charge in [0.1, 0.15) is 5.50 Å². The van der Waals surface area contributed by atoms with E-state index in [0.717, 1.165) is 9.87 Å². The van der Waals surface area contributed by atoms with Crippen molar-refractivity contribution in [2.24, 2.45) is 0 Å². The van der Waals surface area contributed by atoms with Crippen molar-refractivity contribution in [1.29, 1.82) is 0 Å². The predicted molar refractivity (Wildman–Crippen MR) is 120 cm³/mol. The largest absolute Gasteiger partial charge is 0.336 e. The summed E-state index contributed by atoms with van der Waals surface area (Å²) in [5.74, 6) is -0.476. The summed E-state index contributed by atoms with van der Waals surface area (Å²) in [7, 11) is -4.03. The van der Waals surface area contributed by atoms with Crippen LogP contribution < -0.4 is 4.31 Å². The van der Waals surface area contributed by atoms with E-state index in [4.69, 9.17) is 34.8 Å². The summed E-state index contributed by atoms with van der Waals surface area (Å²) in [6, 6.07) is 13.2. The maximum Gasteiger partial charge on any atom is 0.265 e. The molecule has 1 saturated heterocycles. The zero-order valence-corrected chi connectivity index (χ0v) is 19.7. The number of alkyl halides is 3. The molecule has 2 aromatic rings. The Labute approximate surface area is 191 Å². The SMILES string of the molecule is Cc1ccc(S(=O)(=O)N2c3ccccc3C3(CN(C(C)C)C(=O)C3(Cl)Cl)C2Cl)cc1. The molecule has 5 nitrogen and oxygen atoms in total. The summed E-state index contributed by atoms with van der Waals surface area (Å²) in [5, 5.41) is 0. The Balaban J connectivity index is 1.94. The number of rotatable bonds is 3. The molecule has 2 atom stereocenters. The van der Waals surface area contributed by atoms with Crippen LogP contribution in [0, 0.1) is 6.92 Å². The van der Waals surface area contributed by atoms with Crippen LogP contribution in [-0.2, 0) is 20.2 Å². The molecule has 2 aliphatic rings. The van der Waals surface area contributed by atoms with Gasteiger partial charge in [0.25, 0.3) is 15.9 Å². The van der Waals surface area contributed by atoms with Crippen LogP contribution in [0.5, 0.6) is 0 Å². The number of carbonyl (C=O) groups excluding carboxylic acids is 1. The Kier molecular flexibility index (Phi) is 5.09. The Bertz CT molecular complexity index is 1120. The van der Waals surface area contributed by atoms with E-state index in [0.29, 0.717) is 11.3 Å². The van der Waals surface area contributed by atoms with E-state index < -0.39 is 31.2 Å². The number of amides is 1. The fourth-order valence-electron chi connectivity index (χ4n) is 4.28. The minimum Gasteiger partial charge on any atom is -0.336 e. The number of benzene rings is 2. The molecule has 0 saturated carbocycles. The Hall–Kier alpha value is -1.47. The summed E-state index contributed by atoms with van der Waals surface area (Å²) in [5.41, 5.74) is -0.662. The number of carbonyl (C=O) groups is 1. The van der Waals surface area contributed by atoms with Gasteiger partial charge in [0, 0.05) is 12.6 Å². The molecule has 2 aliphatic heterocycles. The standard InChI is InChI=1S/C21H21Cl3N2O3S/c1-13(2)25-12-20(21(23,24)19(25)27)16-6-4-5-7-17(16)26(18(20)22)30(28,29)15-10-8-14(3)9-11-15/h4-11,13,18H,12H2,1-3H3. The van der Waals surface area contributed by atoms with Gasteiger partial charge in [0.05, 0.1) is 16.0 Å². The van der Waals surface area contributed by atoms with Crippen LogP contribution in [0.2, 0.25) is 0 Å². The van der Waals surface area contributed by atoms with Gasteiger partial charge in [-0.25, -0.2) is 12.7 Å². The van der Waals surface area contributed by atoms with Gasteiger partial charge >= 0.3 is 0 Å². The molecule has 0 radical (unpaired) electrons. The molecule has 160 valence electrons. The molecule has 1 amide bonds. The van der Waals surface area contributed by atoms with Gasteiger partial charge < -0.3 is 4.90 Å². The lowest BCUT2D eigenvalue weighted by atomic mass is 9.80. The van der Waals surface area contributed by atoms with E-state index in [-0.39, 0.29) is 17.5 Å². The molecule has 1 spiro atoms. The Morgan fingerprint density at radius 2 is 1.67 bits per heavy atom. The van der Waals surface area contributed by atoms with Crippen molar-refractivity contribution in [3.05, 3.63) is 59.7 Å². The number of fused-ring (bicyclic) bond motifs is 2. The molecule has 9 heteroatoms. The molecular weight excluding hydrogens is 467 g/mol. The second-order valence-corrected chi connectivity index (χ2v) is 11.6. The van der Waals surface area contributed by atoms with Gasteiger partial charge in [0.15, 0.2) is 0 Å². The highest BCUT2D eigenvalue weighted by Crippen LogP contribution is 2.61. The van der Waals surface area contributed by atoms with Crippen LogP contribution in [0.25, 0.3) is 0 Å². The second kappa shape index (κ2) is 7.02. The van der Waals surface area contributed by atoms with Gasteiger partial charge in [-0.15, -0.1) is 0 Å². The van der Waals surface area contributed by atoms with Crippen LogP contribution in [0.1, 0.15) is 25.0 Å². The molecule has 2 aromatic carbocycles. The minimum absolute atomic E-state index is 0.102. The first-order valence-corrected chi connectivity index (χ1v) is 12.1. The summed E-state index contributed by atoms with van der Waals surface area (Å²) >= 11 is 20.3. The van der Waals surface area contributed by atoms with Crippen LogP contribution in [0.15, 0.2) is 53.4 Å². The monoisotopic (exact) mass is 486 g/mol. The summed E-state index contributed by atoms with van der Waals surface area (Å²) in [6.07, 6.45) is 0. The number of likely N-dealkylation sites (tertiary alicyclic amines) is 1. The summed E-state index contributed by atoms with van der Waals surface area (Å²) < 4.78 is 26.5. The van der Waals surface area contributed by atoms with Crippen molar-refractivity contribution >= 4 is 56.4 Å². The van der Waals surface area contributed by atoms with Crippen molar-refractivity contribution in [2.75, 3.05) is 10.8 Å². The topological polar surface area (TPSA) is 57.7 Å². The van der Waals surface area contributed by atoms with Crippen LogP contribution in [0.4, 0.5) is 5.69 Å². The fraction of sp³-hybridized carbons (Fsp3) is 0.381. The molecule has 1 fully saturated rings. The minimum atomic E-state index is -4.03. The van der Waals surface area contributed by atoms with E-state index in [1.54, 1.807) is 41.3 Å². The van der Waals surface area contributed by atoms with Crippen molar-refractivity contribution in [2.45, 2.75) is 47.0 Å². The average molecular weight is 488 g/mol. The second-order valence-electron chi connectivity index (χ2n) is 8.04. The number of nitrogens with zero attached hydrogens (tertiary/aromatic N) is 2. The number of halogens is 3. The first kappa shape index (κ1) is 21.8. The van der Waals surface area contributed by atoms with Gasteiger partial charge in [-0.2, -0.15) is 0 Å². The third-order valence-electron chi connectivity index (χ3n) is 5.95. The van der Waals surface area contributed by atoms with Crippen LogP contribution >= 0.6 is 34.8 Å². The zero-order chi connectivity index (χ0) is 22.1. The van der Waals surface area contributed by atoms with Gasteiger partial charge in [-0.3, -0.25) is 4.79 Å². The molecule has 0 N–H and O–H groups in total. The third kappa shape index (κ3) is 2.73. The maximum absolute atomic E-state index is 13.6. The van der Waals surface area contributed by atoms with Crippen LogP contribution in [-0.4, -0.2) is 41.6 Å². The molecule has 0 bridgehead atoms. The van der Waals surface area contributed by atoms with E-state index in [1.165, 1.54) is 12.1 Å². The molecule has 2 unspecified atom stereocenters. The van der Waals surface area contributed by atoms with Crippen molar-refractivity contribution in [1.82, 2.24) is 4.90 Å². The third-order valence-corrected chi connectivity index (χ3v) is 9.42. The number of anilines is 1. The van der Waals surface area contributed by atoms with Crippen molar-refractivity contribution in [3.8, 4) is 0 Å². The van der Waals surface area contributed by atoms with E-state index >= 15 is 0 Å². The lowest BCUT2D eigenvalue weighted by Crippen LogP contribution is -2.53. The smallest absolute Gasteiger partial charge is 0.265 e. The highest BCUT2D eigenvalue weighted by atomic mass is 35.5. The van der Waals surface area contributed by atoms with E-state index in [2.05, 4.69) is 0 Å². The van der Waals surface area contributed by atoms with Crippen molar-refractivity contribution in [3.63, 3.8) is 0 Å². The number of hydrogen-bond donors (Lipinski definition) is 0. The highest BCUT2D eigenvalue weighted by Gasteiger charge is 2.72. The normalized spacial score (nSPS) is 25.4. The number of aryl methyl sites for hydroxylation is 1. The highest BCUT2D eigenvalue weighted by molar-refractivity contribution is 7.93. The number of hydrogen-bond acceptors (Lipinski definition) is 3. The van der Waals surface area contributed by atoms with Gasteiger partial charge in [0.2, 0.25) is 4.33 Å². The average Bonchev–Trinajstić information content (AvgIpc) is 3.07. The number of para-hydroxylation sites is 1. The molecule has 4 rings (SSSR count). The first-order valence-electron chi connectivity index (χ1n) is 9.50. The van der Waals surface area contributed by atoms with Gasteiger partial charge in [-0.05, 0) is 44.5 Å². The molecule has 30 heavy (non-hydrogen) atoms. The Morgan fingerprint density at radius 3 is 2.23 bits per heavy atom. The van der Waals surface area contributed by atoms with Crippen LogP contribution in [0.3, 0.4) is 0 Å². The predicted octanol–water partition coefficient (Wildman–Crippen LogP) is 4.43. The first-order chi connectivity index (χ1) is 14.0. The van der Waals surface area contributed by atoms with Crippen molar-refractivity contribution < 1.29 is 13.2 Å². The molecule has 0 aromatic heterocycles.